The molecule has 164 valence electrons. The van der Waals surface area contributed by atoms with Crippen molar-refractivity contribution in [3.63, 3.8) is 0 Å². The second-order valence-corrected chi connectivity index (χ2v) is 8.78. The lowest BCUT2D eigenvalue weighted by molar-refractivity contribution is -0.131. The second-order valence-electron chi connectivity index (χ2n) is 7.96. The average molecular weight is 455 g/mol. The molecule has 8 nitrogen and oxygen atoms in total. The maximum atomic E-state index is 13.1. The molecule has 1 aliphatic carbocycles. The van der Waals surface area contributed by atoms with Crippen LogP contribution in [-0.4, -0.2) is 89.8 Å². The van der Waals surface area contributed by atoms with Crippen molar-refractivity contribution in [2.75, 3.05) is 44.3 Å². The van der Waals surface area contributed by atoms with Crippen molar-refractivity contribution in [1.29, 1.82) is 0 Å². The maximum absolute atomic E-state index is 13.1. The first kappa shape index (κ1) is 21.7. The molecule has 4 N–H and O–H groups in total. The van der Waals surface area contributed by atoms with Crippen LogP contribution in [0.1, 0.15) is 6.42 Å². The Labute approximate surface area is 186 Å². The Hall–Kier alpha value is -1.49. The maximum Gasteiger partial charge on any atom is 0.225 e. The minimum atomic E-state index is -1.01. The molecule has 1 aromatic rings. The minimum absolute atomic E-state index is 0.144. The Balaban J connectivity index is 1.49. The van der Waals surface area contributed by atoms with Crippen molar-refractivity contribution in [2.24, 2.45) is 5.92 Å². The van der Waals surface area contributed by atoms with Crippen molar-refractivity contribution in [3.8, 4) is 0 Å². The van der Waals surface area contributed by atoms with Gasteiger partial charge in [0.25, 0.3) is 0 Å². The summed E-state index contributed by atoms with van der Waals surface area (Å²) in [4.78, 5) is 17.2. The van der Waals surface area contributed by atoms with Crippen LogP contribution in [0.5, 0.6) is 0 Å². The summed E-state index contributed by atoms with van der Waals surface area (Å²) in [5.41, 5.74) is 0.791. The summed E-state index contributed by atoms with van der Waals surface area (Å²) in [6.45, 7) is 4.41. The summed E-state index contributed by atoms with van der Waals surface area (Å²) < 4.78 is 5.35. The first-order valence-corrected chi connectivity index (χ1v) is 11.0. The zero-order valence-electron chi connectivity index (χ0n) is 16.5. The number of aliphatic hydroxyl groups excluding tert-OH is 2. The Bertz CT molecular complexity index is 777. The number of rotatable bonds is 5. The van der Waals surface area contributed by atoms with E-state index >= 15 is 0 Å². The number of anilines is 1. The molecule has 2 aliphatic heterocycles. The Morgan fingerprint density at radius 1 is 1.27 bits per heavy atom. The van der Waals surface area contributed by atoms with Gasteiger partial charge in [-0.05, 0) is 42.9 Å². The Morgan fingerprint density at radius 2 is 1.97 bits per heavy atom. The van der Waals surface area contributed by atoms with Crippen molar-refractivity contribution >= 4 is 40.5 Å². The lowest BCUT2D eigenvalue weighted by Crippen LogP contribution is -2.61. The molecule has 3 fully saturated rings. The van der Waals surface area contributed by atoms with Crippen molar-refractivity contribution < 1.29 is 19.7 Å². The number of nitrogens with one attached hydrogen (secondary N) is 2. The number of carbonyl (C=O) groups is 1. The quantitative estimate of drug-likeness (QED) is 0.460. The molecule has 5 unspecified atom stereocenters. The van der Waals surface area contributed by atoms with Gasteiger partial charge in [-0.15, -0.1) is 0 Å². The number of halogens is 1. The summed E-state index contributed by atoms with van der Waals surface area (Å²) in [6.07, 6.45) is -1.84. The second kappa shape index (κ2) is 9.33. The van der Waals surface area contributed by atoms with E-state index in [1.165, 1.54) is 0 Å². The van der Waals surface area contributed by atoms with Gasteiger partial charge in [0.05, 0.1) is 37.3 Å². The topological polar surface area (TPSA) is 97.3 Å². The zero-order valence-corrected chi connectivity index (χ0v) is 18.1. The number of morpholine rings is 1. The fourth-order valence-electron chi connectivity index (χ4n) is 4.54. The highest BCUT2D eigenvalue weighted by atomic mass is 35.5. The van der Waals surface area contributed by atoms with Gasteiger partial charge in [-0.2, -0.15) is 0 Å². The monoisotopic (exact) mass is 454 g/mol. The van der Waals surface area contributed by atoms with Gasteiger partial charge < -0.3 is 30.5 Å². The van der Waals surface area contributed by atoms with Crippen LogP contribution >= 0.6 is 23.8 Å². The molecule has 10 heteroatoms. The van der Waals surface area contributed by atoms with E-state index in [0.717, 1.165) is 25.3 Å². The molecule has 2 heterocycles. The van der Waals surface area contributed by atoms with Gasteiger partial charge in [-0.3, -0.25) is 9.69 Å². The molecule has 0 spiro atoms. The third-order valence-electron chi connectivity index (χ3n) is 6.12. The number of aliphatic hydroxyl groups is 2. The molecule has 4 rings (SSSR count). The van der Waals surface area contributed by atoms with Crippen LogP contribution in [0.2, 0.25) is 5.02 Å². The predicted octanol–water partition coefficient (Wildman–Crippen LogP) is -0.0382. The minimum Gasteiger partial charge on any atom is -0.390 e. The van der Waals surface area contributed by atoms with Gasteiger partial charge >= 0.3 is 0 Å². The zero-order chi connectivity index (χ0) is 21.3. The van der Waals surface area contributed by atoms with E-state index in [2.05, 4.69) is 15.5 Å². The molecule has 1 saturated carbocycles. The molecule has 30 heavy (non-hydrogen) atoms. The molecular formula is C20H27ClN4O4S. The lowest BCUT2D eigenvalue weighted by Gasteiger charge is -2.41. The summed E-state index contributed by atoms with van der Waals surface area (Å²) >= 11 is 11.5. The molecular weight excluding hydrogens is 428 g/mol. The van der Waals surface area contributed by atoms with Crippen LogP contribution < -0.4 is 15.5 Å². The first-order chi connectivity index (χ1) is 14.5. The van der Waals surface area contributed by atoms with E-state index in [0.29, 0.717) is 29.9 Å². The molecule has 0 bridgehead atoms. The smallest absolute Gasteiger partial charge is 0.225 e. The highest BCUT2D eigenvalue weighted by Crippen LogP contribution is 2.37. The number of carbonyl (C=O) groups excluding carboxylic acids is 1. The van der Waals surface area contributed by atoms with E-state index in [1.54, 1.807) is 12.1 Å². The van der Waals surface area contributed by atoms with Crippen molar-refractivity contribution in [2.45, 2.75) is 30.7 Å². The van der Waals surface area contributed by atoms with Crippen LogP contribution in [0, 0.1) is 5.92 Å². The van der Waals surface area contributed by atoms with Gasteiger partial charge in [0.2, 0.25) is 5.91 Å². The molecule has 1 amide bonds. The molecule has 3 aliphatic rings. The predicted molar refractivity (Wildman–Crippen MR) is 118 cm³/mol. The number of hydrogen-bond donors (Lipinski definition) is 4. The fourth-order valence-corrected chi connectivity index (χ4v) is 5.02. The summed E-state index contributed by atoms with van der Waals surface area (Å²) in [7, 11) is 0. The van der Waals surface area contributed by atoms with E-state index in [1.807, 2.05) is 17.0 Å². The van der Waals surface area contributed by atoms with E-state index in [4.69, 9.17) is 28.6 Å². The number of ether oxygens (including phenoxy) is 1. The third kappa shape index (κ3) is 4.42. The van der Waals surface area contributed by atoms with E-state index in [-0.39, 0.29) is 12.3 Å². The van der Waals surface area contributed by atoms with Crippen LogP contribution in [0.4, 0.5) is 5.69 Å². The molecule has 2 saturated heterocycles. The lowest BCUT2D eigenvalue weighted by atomic mass is 9.77. The highest BCUT2D eigenvalue weighted by Gasteiger charge is 2.53. The van der Waals surface area contributed by atoms with Crippen LogP contribution in [-0.2, 0) is 9.53 Å². The van der Waals surface area contributed by atoms with Gasteiger partial charge in [-0.25, -0.2) is 0 Å². The normalized spacial score (nSPS) is 31.9. The van der Waals surface area contributed by atoms with E-state index in [9.17, 15) is 15.0 Å². The van der Waals surface area contributed by atoms with Gasteiger partial charge in [0.15, 0.2) is 5.11 Å². The molecule has 0 radical (unpaired) electrons. The fraction of sp³-hybridized carbons (Fsp3) is 0.600. The first-order valence-electron chi connectivity index (χ1n) is 10.2. The number of nitrogens with zero attached hydrogens (tertiary/aromatic N) is 2. The SMILES string of the molecule is O=C(NCCN1CCOCC1)C1CC(O)C(O)C2NC(=S)N(c3ccc(Cl)cc3)C12. The Kier molecular flexibility index (Phi) is 6.76. The van der Waals surface area contributed by atoms with Crippen molar-refractivity contribution in [1.82, 2.24) is 15.5 Å². The molecule has 0 aromatic heterocycles. The summed E-state index contributed by atoms with van der Waals surface area (Å²) in [5.74, 6) is -0.670. The number of amides is 1. The van der Waals surface area contributed by atoms with Gasteiger partial charge in [-0.1, -0.05) is 11.6 Å². The van der Waals surface area contributed by atoms with Crippen LogP contribution in [0.25, 0.3) is 0 Å². The molecule has 1 aromatic carbocycles. The number of benzene rings is 1. The van der Waals surface area contributed by atoms with E-state index < -0.39 is 30.2 Å². The number of hydrogen-bond acceptors (Lipinski definition) is 6. The Morgan fingerprint density at radius 3 is 2.67 bits per heavy atom. The molecule has 5 atom stereocenters. The average Bonchev–Trinajstić information content (AvgIpc) is 3.09. The van der Waals surface area contributed by atoms with Crippen LogP contribution in [0.3, 0.4) is 0 Å². The van der Waals surface area contributed by atoms with Crippen molar-refractivity contribution in [3.05, 3.63) is 29.3 Å². The van der Waals surface area contributed by atoms with Crippen LogP contribution in [0.15, 0.2) is 24.3 Å². The van der Waals surface area contributed by atoms with Gasteiger partial charge in [0.1, 0.15) is 6.10 Å². The van der Waals surface area contributed by atoms with Gasteiger partial charge in [0, 0.05) is 36.9 Å². The summed E-state index contributed by atoms with van der Waals surface area (Å²) in [6, 6.07) is 6.26. The summed E-state index contributed by atoms with van der Waals surface area (Å²) in [5, 5.41) is 28.1. The third-order valence-corrected chi connectivity index (χ3v) is 6.68. The number of fused-ring (bicyclic) bond motifs is 1. The highest BCUT2D eigenvalue weighted by molar-refractivity contribution is 7.80. The number of thiocarbonyl (C=S) groups is 1. The largest absolute Gasteiger partial charge is 0.390 e. The standard InChI is InChI=1S/C20H27ClN4O4S/c21-12-1-3-13(4-2-12)25-17-14(11-15(26)18(27)16(17)23-20(25)30)19(28)22-5-6-24-7-9-29-10-8-24/h1-4,14-18,26-27H,5-11H2,(H,22,28)(H,23,30).